The van der Waals surface area contributed by atoms with Crippen LogP contribution in [0.15, 0.2) is 0 Å². The molecular weight excluding hydrogens is 161 g/mol. The number of hydrogen-bond acceptors (Lipinski definition) is 3. The lowest BCUT2D eigenvalue weighted by molar-refractivity contribution is -0.144. The van der Waals surface area contributed by atoms with Gasteiger partial charge in [0.2, 0.25) is 0 Å². The van der Waals surface area contributed by atoms with Crippen LogP contribution in [0.5, 0.6) is 0 Å². The number of hydrogen-bond donors (Lipinski definition) is 1. The first-order valence-electron chi connectivity index (χ1n) is 3.02. The van der Waals surface area contributed by atoms with E-state index in [0.717, 1.165) is 4.90 Å². The van der Waals surface area contributed by atoms with Crippen LogP contribution in [0.3, 0.4) is 0 Å². The Morgan fingerprint density at radius 2 is 2.00 bits per heavy atom. The summed E-state index contributed by atoms with van der Waals surface area (Å²) < 4.78 is 34.9. The number of likely N-dealkylation sites (N-methyl/N-ethyl adjacent to an activating group) is 1. The van der Waals surface area contributed by atoms with Crippen molar-refractivity contribution < 1.29 is 18.0 Å². The summed E-state index contributed by atoms with van der Waals surface area (Å²) in [6, 6.07) is 0. The summed E-state index contributed by atoms with van der Waals surface area (Å²) in [6.45, 7) is -0.654. The van der Waals surface area contributed by atoms with Crippen LogP contribution in [-0.2, 0) is 4.84 Å². The topological polar surface area (TPSA) is 38.5 Å². The Hall–Kier alpha value is -0.330. The van der Waals surface area contributed by atoms with Crippen LogP contribution in [0.1, 0.15) is 0 Å². The molecule has 3 nitrogen and oxygen atoms in total. The van der Waals surface area contributed by atoms with E-state index in [1.807, 2.05) is 0 Å². The summed E-state index contributed by atoms with van der Waals surface area (Å²) in [5.74, 6) is 4.63. The minimum Gasteiger partial charge on any atom is -0.303 e. The van der Waals surface area contributed by atoms with Crippen LogP contribution in [0.4, 0.5) is 13.2 Å². The molecule has 0 atom stereocenters. The van der Waals surface area contributed by atoms with Crippen molar-refractivity contribution in [2.45, 2.75) is 6.18 Å². The zero-order chi connectivity index (χ0) is 8.91. The van der Waals surface area contributed by atoms with Gasteiger partial charge in [-0.15, -0.1) is 0 Å². The van der Waals surface area contributed by atoms with Crippen molar-refractivity contribution in [1.82, 2.24) is 4.90 Å². The Bertz CT molecular complexity index is 106. The minimum absolute atomic E-state index is 0.104. The number of nitrogens with zero attached hydrogens (tertiary/aromatic N) is 1. The van der Waals surface area contributed by atoms with Gasteiger partial charge in [0, 0.05) is 6.54 Å². The Morgan fingerprint density at radius 1 is 1.45 bits per heavy atom. The lowest BCUT2D eigenvalue weighted by Gasteiger charge is -2.17. The van der Waals surface area contributed by atoms with Gasteiger partial charge in [0.1, 0.15) is 0 Å². The van der Waals surface area contributed by atoms with Gasteiger partial charge in [-0.2, -0.15) is 13.2 Å². The van der Waals surface area contributed by atoms with Crippen molar-refractivity contribution in [1.29, 1.82) is 0 Å². The maximum Gasteiger partial charge on any atom is 0.401 e. The van der Waals surface area contributed by atoms with Crippen LogP contribution in [0.25, 0.3) is 0 Å². The van der Waals surface area contributed by atoms with Gasteiger partial charge in [0.15, 0.2) is 0 Å². The third kappa shape index (κ3) is 7.57. The van der Waals surface area contributed by atoms with Crippen molar-refractivity contribution in [3.63, 3.8) is 0 Å². The fourth-order valence-electron chi connectivity index (χ4n) is 0.594. The Labute approximate surface area is 62.9 Å². The first-order valence-corrected chi connectivity index (χ1v) is 3.02. The van der Waals surface area contributed by atoms with E-state index in [-0.39, 0.29) is 13.2 Å². The molecule has 0 rings (SSSR count). The molecule has 0 saturated carbocycles. The maximum absolute atomic E-state index is 11.6. The van der Waals surface area contributed by atoms with Crippen LogP contribution < -0.4 is 5.90 Å². The van der Waals surface area contributed by atoms with Crippen molar-refractivity contribution in [3.05, 3.63) is 0 Å². The molecule has 0 amide bonds. The van der Waals surface area contributed by atoms with Crippen LogP contribution >= 0.6 is 0 Å². The molecule has 11 heavy (non-hydrogen) atoms. The Morgan fingerprint density at radius 3 is 2.36 bits per heavy atom. The first kappa shape index (κ1) is 10.7. The fourth-order valence-corrected chi connectivity index (χ4v) is 0.594. The van der Waals surface area contributed by atoms with E-state index >= 15 is 0 Å². The molecule has 0 spiro atoms. The molecule has 0 heterocycles. The van der Waals surface area contributed by atoms with Gasteiger partial charge in [-0.05, 0) is 7.05 Å². The van der Waals surface area contributed by atoms with E-state index in [1.165, 1.54) is 7.05 Å². The van der Waals surface area contributed by atoms with E-state index in [0.29, 0.717) is 0 Å². The predicted octanol–water partition coefficient (Wildman–Crippen LogP) is 0.371. The molecule has 0 saturated heterocycles. The summed E-state index contributed by atoms with van der Waals surface area (Å²) in [5, 5.41) is 0. The van der Waals surface area contributed by atoms with E-state index in [9.17, 15) is 13.2 Å². The van der Waals surface area contributed by atoms with E-state index in [2.05, 4.69) is 10.7 Å². The quantitative estimate of drug-likeness (QED) is 0.622. The molecule has 68 valence electrons. The second-order valence-corrected chi connectivity index (χ2v) is 2.22. The number of halogens is 3. The van der Waals surface area contributed by atoms with Gasteiger partial charge in [-0.25, -0.2) is 5.90 Å². The fraction of sp³-hybridized carbons (Fsp3) is 1.00. The number of nitrogens with two attached hydrogens (primary N) is 1. The second kappa shape index (κ2) is 4.53. The molecule has 6 heteroatoms. The Kier molecular flexibility index (Phi) is 4.39. The molecule has 0 bridgehead atoms. The highest BCUT2D eigenvalue weighted by Gasteiger charge is 2.28. The second-order valence-electron chi connectivity index (χ2n) is 2.22. The largest absolute Gasteiger partial charge is 0.401 e. The highest BCUT2D eigenvalue weighted by atomic mass is 19.4. The van der Waals surface area contributed by atoms with Gasteiger partial charge in [0.05, 0.1) is 13.2 Å². The van der Waals surface area contributed by atoms with Crippen molar-refractivity contribution >= 4 is 0 Å². The third-order valence-corrected chi connectivity index (χ3v) is 1.04. The molecule has 0 aliphatic heterocycles. The van der Waals surface area contributed by atoms with Crippen molar-refractivity contribution in [3.8, 4) is 0 Å². The summed E-state index contributed by atoms with van der Waals surface area (Å²) in [7, 11) is 1.35. The summed E-state index contributed by atoms with van der Waals surface area (Å²) in [4.78, 5) is 5.21. The zero-order valence-corrected chi connectivity index (χ0v) is 6.19. The normalized spacial score (nSPS) is 12.5. The summed E-state index contributed by atoms with van der Waals surface area (Å²) >= 11 is 0. The maximum atomic E-state index is 11.6. The highest BCUT2D eigenvalue weighted by molar-refractivity contribution is 4.57. The molecule has 0 aliphatic carbocycles. The number of alkyl halides is 3. The highest BCUT2D eigenvalue weighted by Crippen LogP contribution is 2.14. The third-order valence-electron chi connectivity index (χ3n) is 1.04. The molecule has 0 aromatic heterocycles. The lowest BCUT2D eigenvalue weighted by atomic mass is 10.5. The van der Waals surface area contributed by atoms with E-state index in [4.69, 9.17) is 0 Å². The van der Waals surface area contributed by atoms with Crippen LogP contribution in [-0.4, -0.2) is 37.8 Å². The molecule has 0 radical (unpaired) electrons. The molecule has 2 N–H and O–H groups in total. The average molecular weight is 172 g/mol. The minimum atomic E-state index is -4.15. The summed E-state index contributed by atoms with van der Waals surface area (Å²) in [5.41, 5.74) is 0. The van der Waals surface area contributed by atoms with Gasteiger partial charge in [-0.3, -0.25) is 4.90 Å². The Balaban J connectivity index is 3.44. The van der Waals surface area contributed by atoms with Crippen LogP contribution in [0, 0.1) is 0 Å². The van der Waals surface area contributed by atoms with Gasteiger partial charge in [0.25, 0.3) is 0 Å². The monoisotopic (exact) mass is 172 g/mol. The molecule has 0 unspecified atom stereocenters. The van der Waals surface area contributed by atoms with Gasteiger partial charge < -0.3 is 4.84 Å². The van der Waals surface area contributed by atoms with E-state index in [1.54, 1.807) is 0 Å². The smallest absolute Gasteiger partial charge is 0.303 e. The van der Waals surface area contributed by atoms with Gasteiger partial charge >= 0.3 is 6.18 Å². The number of rotatable bonds is 4. The molecular formula is C5H11F3N2O. The summed E-state index contributed by atoms with van der Waals surface area (Å²) in [6.07, 6.45) is -4.15. The first-order chi connectivity index (χ1) is 4.95. The molecule has 0 aromatic carbocycles. The lowest BCUT2D eigenvalue weighted by Crippen LogP contribution is -2.33. The average Bonchev–Trinajstić information content (AvgIpc) is 1.79. The van der Waals surface area contributed by atoms with Crippen molar-refractivity contribution in [2.75, 3.05) is 26.7 Å². The van der Waals surface area contributed by atoms with Gasteiger partial charge in [-0.1, -0.05) is 0 Å². The zero-order valence-electron chi connectivity index (χ0n) is 6.19. The molecule has 0 aliphatic rings. The predicted molar refractivity (Wildman–Crippen MR) is 33.7 cm³/mol. The standard InChI is InChI=1S/C5H11F3N2O/c1-10(2-3-11-9)4-5(6,7)8/h2-4,9H2,1H3. The van der Waals surface area contributed by atoms with Crippen LogP contribution in [0.2, 0.25) is 0 Å². The SMILES string of the molecule is CN(CCON)CC(F)(F)F. The van der Waals surface area contributed by atoms with Crippen molar-refractivity contribution in [2.24, 2.45) is 5.90 Å². The molecule has 0 fully saturated rings. The molecule has 0 aromatic rings. The van der Waals surface area contributed by atoms with E-state index < -0.39 is 12.7 Å².